The maximum atomic E-state index is 4.32. The lowest BCUT2D eigenvalue weighted by atomic mass is 10.3. The number of nitrogens with zero attached hydrogens (tertiary/aromatic N) is 2. The average Bonchev–Trinajstić information content (AvgIpc) is 2.15. The van der Waals surface area contributed by atoms with Crippen LogP contribution < -0.4 is 5.32 Å². The van der Waals surface area contributed by atoms with Crippen LogP contribution in [0.2, 0.25) is 0 Å². The molecule has 1 unspecified atom stereocenters. The van der Waals surface area contributed by atoms with Crippen molar-refractivity contribution in [2.45, 2.75) is 26.4 Å². The summed E-state index contributed by atoms with van der Waals surface area (Å²) in [5.74, 6) is 1.96. The van der Waals surface area contributed by atoms with Gasteiger partial charge in [0.25, 0.3) is 0 Å². The normalized spacial score (nSPS) is 12.8. The summed E-state index contributed by atoms with van der Waals surface area (Å²) in [6.07, 6.45) is 3.92. The Labute approximate surface area is 89.7 Å². The van der Waals surface area contributed by atoms with Crippen LogP contribution in [0.5, 0.6) is 0 Å². The fourth-order valence-electron chi connectivity index (χ4n) is 1.19. The largest absolute Gasteiger partial charge is 0.308 e. The van der Waals surface area contributed by atoms with Crippen molar-refractivity contribution in [2.75, 3.05) is 12.0 Å². The third-order valence-corrected chi connectivity index (χ3v) is 2.72. The molecule has 1 atom stereocenters. The number of aromatic nitrogens is 2. The standard InChI is InChI=1S/C10H17N3S/c1-8(7-14-3)12-6-10-4-5-11-9(2)13-10/h4-5,8,12H,6-7H2,1-3H3. The summed E-state index contributed by atoms with van der Waals surface area (Å²) >= 11 is 1.85. The van der Waals surface area contributed by atoms with Crippen LogP contribution in [-0.4, -0.2) is 28.0 Å². The monoisotopic (exact) mass is 211 g/mol. The fraction of sp³-hybridized carbons (Fsp3) is 0.600. The highest BCUT2D eigenvalue weighted by Crippen LogP contribution is 1.99. The molecule has 78 valence electrons. The van der Waals surface area contributed by atoms with Crippen molar-refractivity contribution < 1.29 is 0 Å². The number of nitrogens with one attached hydrogen (secondary N) is 1. The maximum Gasteiger partial charge on any atom is 0.125 e. The summed E-state index contributed by atoms with van der Waals surface area (Å²) in [7, 11) is 0. The lowest BCUT2D eigenvalue weighted by molar-refractivity contribution is 0.586. The van der Waals surface area contributed by atoms with Crippen LogP contribution in [0.15, 0.2) is 12.3 Å². The van der Waals surface area contributed by atoms with Gasteiger partial charge in [0.2, 0.25) is 0 Å². The molecule has 0 aliphatic heterocycles. The molecule has 0 saturated carbocycles. The molecule has 1 N–H and O–H groups in total. The van der Waals surface area contributed by atoms with Gasteiger partial charge in [-0.2, -0.15) is 11.8 Å². The first-order chi connectivity index (χ1) is 6.72. The van der Waals surface area contributed by atoms with Crippen LogP contribution in [0, 0.1) is 6.92 Å². The minimum Gasteiger partial charge on any atom is -0.308 e. The van der Waals surface area contributed by atoms with Gasteiger partial charge in [-0.3, -0.25) is 0 Å². The number of thioether (sulfide) groups is 1. The molecule has 3 nitrogen and oxygen atoms in total. The van der Waals surface area contributed by atoms with E-state index in [1.807, 2.05) is 24.8 Å². The lowest BCUT2D eigenvalue weighted by Gasteiger charge is -2.11. The van der Waals surface area contributed by atoms with Crippen molar-refractivity contribution in [3.8, 4) is 0 Å². The summed E-state index contributed by atoms with van der Waals surface area (Å²) in [6.45, 7) is 4.92. The Balaban J connectivity index is 2.37. The van der Waals surface area contributed by atoms with E-state index in [9.17, 15) is 0 Å². The van der Waals surface area contributed by atoms with Crippen molar-refractivity contribution in [1.29, 1.82) is 0 Å². The van der Waals surface area contributed by atoms with E-state index in [1.54, 1.807) is 6.20 Å². The van der Waals surface area contributed by atoms with E-state index in [0.29, 0.717) is 6.04 Å². The molecule has 0 spiro atoms. The molecule has 0 aliphatic carbocycles. The van der Waals surface area contributed by atoms with Gasteiger partial charge >= 0.3 is 0 Å². The quantitative estimate of drug-likeness (QED) is 0.803. The predicted octanol–water partition coefficient (Wildman–Crippen LogP) is 1.63. The Morgan fingerprint density at radius 3 is 3.00 bits per heavy atom. The Morgan fingerprint density at radius 1 is 1.57 bits per heavy atom. The Morgan fingerprint density at radius 2 is 2.36 bits per heavy atom. The number of hydrogen-bond acceptors (Lipinski definition) is 4. The first-order valence-corrected chi connectivity index (χ1v) is 6.12. The summed E-state index contributed by atoms with van der Waals surface area (Å²) in [4.78, 5) is 8.39. The van der Waals surface area contributed by atoms with E-state index in [4.69, 9.17) is 0 Å². The van der Waals surface area contributed by atoms with Gasteiger partial charge in [0.05, 0.1) is 5.69 Å². The Hall–Kier alpha value is -0.610. The van der Waals surface area contributed by atoms with Gasteiger partial charge in [0, 0.05) is 24.5 Å². The van der Waals surface area contributed by atoms with Gasteiger partial charge in [-0.25, -0.2) is 9.97 Å². The first-order valence-electron chi connectivity index (χ1n) is 4.73. The molecule has 0 radical (unpaired) electrons. The van der Waals surface area contributed by atoms with E-state index < -0.39 is 0 Å². The van der Waals surface area contributed by atoms with Crippen molar-refractivity contribution in [1.82, 2.24) is 15.3 Å². The Kier molecular flexibility index (Phi) is 4.90. The zero-order valence-corrected chi connectivity index (χ0v) is 9.77. The van der Waals surface area contributed by atoms with Gasteiger partial charge in [-0.05, 0) is 26.2 Å². The second kappa shape index (κ2) is 5.98. The number of hydrogen-bond donors (Lipinski definition) is 1. The Bertz CT molecular complexity index is 278. The second-order valence-electron chi connectivity index (χ2n) is 3.33. The summed E-state index contributed by atoms with van der Waals surface area (Å²) in [5.41, 5.74) is 1.06. The molecule has 0 amide bonds. The van der Waals surface area contributed by atoms with Gasteiger partial charge in [-0.15, -0.1) is 0 Å². The van der Waals surface area contributed by atoms with E-state index in [-0.39, 0.29) is 0 Å². The van der Waals surface area contributed by atoms with Crippen LogP contribution in [0.4, 0.5) is 0 Å². The molecule has 1 aromatic rings. The molecule has 0 saturated heterocycles. The van der Waals surface area contributed by atoms with Gasteiger partial charge in [0.1, 0.15) is 5.82 Å². The molecule has 0 aliphatic rings. The zero-order valence-electron chi connectivity index (χ0n) is 8.95. The molecule has 0 aromatic carbocycles. The minimum atomic E-state index is 0.528. The van der Waals surface area contributed by atoms with E-state index in [0.717, 1.165) is 23.8 Å². The molecule has 14 heavy (non-hydrogen) atoms. The van der Waals surface area contributed by atoms with Gasteiger partial charge in [-0.1, -0.05) is 0 Å². The average molecular weight is 211 g/mol. The molecule has 1 aromatic heterocycles. The SMILES string of the molecule is CSCC(C)NCc1ccnc(C)n1. The molecule has 0 fully saturated rings. The highest BCUT2D eigenvalue weighted by atomic mass is 32.2. The first kappa shape index (κ1) is 11.5. The van der Waals surface area contributed by atoms with Crippen LogP contribution in [0.1, 0.15) is 18.4 Å². The molecule has 1 heterocycles. The van der Waals surface area contributed by atoms with E-state index in [1.165, 1.54) is 0 Å². The van der Waals surface area contributed by atoms with Crippen LogP contribution in [0.3, 0.4) is 0 Å². The van der Waals surface area contributed by atoms with Crippen molar-refractivity contribution in [3.05, 3.63) is 23.8 Å². The van der Waals surface area contributed by atoms with E-state index >= 15 is 0 Å². The third kappa shape index (κ3) is 4.07. The molecule has 1 rings (SSSR count). The maximum absolute atomic E-state index is 4.32. The predicted molar refractivity (Wildman–Crippen MR) is 61.5 cm³/mol. The van der Waals surface area contributed by atoms with Crippen molar-refractivity contribution in [3.63, 3.8) is 0 Å². The number of aryl methyl sites for hydroxylation is 1. The highest BCUT2D eigenvalue weighted by molar-refractivity contribution is 7.98. The third-order valence-electron chi connectivity index (χ3n) is 1.88. The van der Waals surface area contributed by atoms with Crippen LogP contribution in [-0.2, 0) is 6.54 Å². The van der Waals surface area contributed by atoms with Crippen LogP contribution >= 0.6 is 11.8 Å². The molecular weight excluding hydrogens is 194 g/mol. The highest BCUT2D eigenvalue weighted by Gasteiger charge is 2.00. The fourth-order valence-corrected chi connectivity index (χ4v) is 1.81. The van der Waals surface area contributed by atoms with Crippen molar-refractivity contribution >= 4 is 11.8 Å². The summed E-state index contributed by atoms with van der Waals surface area (Å²) in [5, 5.41) is 3.42. The van der Waals surface area contributed by atoms with Gasteiger partial charge < -0.3 is 5.32 Å². The summed E-state index contributed by atoms with van der Waals surface area (Å²) in [6, 6.07) is 2.48. The molecule has 0 bridgehead atoms. The lowest BCUT2D eigenvalue weighted by Crippen LogP contribution is -2.28. The van der Waals surface area contributed by atoms with Crippen molar-refractivity contribution in [2.24, 2.45) is 0 Å². The van der Waals surface area contributed by atoms with Crippen LogP contribution in [0.25, 0.3) is 0 Å². The zero-order chi connectivity index (χ0) is 10.4. The van der Waals surface area contributed by atoms with E-state index in [2.05, 4.69) is 28.5 Å². The smallest absolute Gasteiger partial charge is 0.125 e. The summed E-state index contributed by atoms with van der Waals surface area (Å²) < 4.78 is 0. The molecular formula is C10H17N3S. The molecule has 4 heteroatoms. The second-order valence-corrected chi connectivity index (χ2v) is 4.24. The number of rotatable bonds is 5. The van der Waals surface area contributed by atoms with Gasteiger partial charge in [0.15, 0.2) is 0 Å². The minimum absolute atomic E-state index is 0.528. The topological polar surface area (TPSA) is 37.8 Å².